The van der Waals surface area contributed by atoms with Gasteiger partial charge in [-0.2, -0.15) is 0 Å². The number of hydrogen-bond donors (Lipinski definition) is 3. The number of methoxy groups -OCH3 is 2. The molecule has 1 aromatic heterocycles. The number of ether oxygens (including phenoxy) is 2. The Morgan fingerprint density at radius 1 is 1.47 bits per heavy atom. The molecule has 7 nitrogen and oxygen atoms in total. The van der Waals surface area contributed by atoms with E-state index in [-0.39, 0.29) is 6.04 Å². The third kappa shape index (κ3) is 5.54. The van der Waals surface area contributed by atoms with Crippen molar-refractivity contribution in [1.29, 1.82) is 0 Å². The standard InChI is InChI=1S/C12H21N5O2/c1-9(8-18-2)16-12(17-13)15-7-10-4-5-11(19-3)14-6-10/h4-6,9H,7-8,13H2,1-3H3,(H2,15,16,17). The fourth-order valence-electron chi connectivity index (χ4n) is 1.45. The monoisotopic (exact) mass is 267 g/mol. The molecular weight excluding hydrogens is 246 g/mol. The summed E-state index contributed by atoms with van der Waals surface area (Å²) in [4.78, 5) is 8.43. The summed E-state index contributed by atoms with van der Waals surface area (Å²) in [5.41, 5.74) is 3.49. The normalized spacial score (nSPS) is 12.9. The summed E-state index contributed by atoms with van der Waals surface area (Å²) in [6.45, 7) is 3.03. The van der Waals surface area contributed by atoms with Crippen LogP contribution in [0.2, 0.25) is 0 Å². The van der Waals surface area contributed by atoms with E-state index in [1.54, 1.807) is 26.5 Å². The number of pyridine rings is 1. The fourth-order valence-corrected chi connectivity index (χ4v) is 1.45. The van der Waals surface area contributed by atoms with Crippen LogP contribution in [0.1, 0.15) is 12.5 Å². The van der Waals surface area contributed by atoms with E-state index >= 15 is 0 Å². The van der Waals surface area contributed by atoms with Gasteiger partial charge >= 0.3 is 0 Å². The van der Waals surface area contributed by atoms with Crippen LogP contribution in [0.3, 0.4) is 0 Å². The Kier molecular flexibility index (Phi) is 6.62. The number of nitrogens with zero attached hydrogens (tertiary/aromatic N) is 2. The predicted molar refractivity (Wildman–Crippen MR) is 73.7 cm³/mol. The second-order valence-corrected chi connectivity index (χ2v) is 4.02. The molecule has 19 heavy (non-hydrogen) atoms. The third-order valence-electron chi connectivity index (χ3n) is 2.36. The summed E-state index contributed by atoms with van der Waals surface area (Å²) in [6.07, 6.45) is 1.72. The molecule has 0 radical (unpaired) electrons. The van der Waals surface area contributed by atoms with E-state index < -0.39 is 0 Å². The average Bonchev–Trinajstić information content (AvgIpc) is 2.44. The SMILES string of the molecule is COCC(C)NC(=NCc1ccc(OC)nc1)NN. The van der Waals surface area contributed by atoms with E-state index in [0.29, 0.717) is 25.0 Å². The molecule has 0 saturated carbocycles. The molecule has 7 heteroatoms. The highest BCUT2D eigenvalue weighted by atomic mass is 16.5. The highest BCUT2D eigenvalue weighted by Gasteiger charge is 2.03. The van der Waals surface area contributed by atoms with Gasteiger partial charge in [-0.3, -0.25) is 5.43 Å². The first-order valence-electron chi connectivity index (χ1n) is 5.95. The van der Waals surface area contributed by atoms with Gasteiger partial charge in [-0.1, -0.05) is 6.07 Å². The summed E-state index contributed by atoms with van der Waals surface area (Å²) in [5, 5.41) is 3.10. The van der Waals surface area contributed by atoms with Crippen LogP contribution >= 0.6 is 0 Å². The zero-order chi connectivity index (χ0) is 14.1. The second kappa shape index (κ2) is 8.28. The Morgan fingerprint density at radius 3 is 2.79 bits per heavy atom. The molecule has 0 bridgehead atoms. The lowest BCUT2D eigenvalue weighted by Gasteiger charge is -2.15. The molecule has 0 aliphatic carbocycles. The molecule has 4 N–H and O–H groups in total. The Hall–Kier alpha value is -1.86. The van der Waals surface area contributed by atoms with Crippen molar-refractivity contribution < 1.29 is 9.47 Å². The van der Waals surface area contributed by atoms with Crippen LogP contribution in [0.25, 0.3) is 0 Å². The Morgan fingerprint density at radius 2 is 2.26 bits per heavy atom. The number of aromatic nitrogens is 1. The van der Waals surface area contributed by atoms with Crippen LogP contribution in [-0.2, 0) is 11.3 Å². The molecule has 1 atom stereocenters. The lowest BCUT2D eigenvalue weighted by atomic mass is 10.3. The molecule has 1 heterocycles. The summed E-state index contributed by atoms with van der Waals surface area (Å²) in [6, 6.07) is 3.82. The van der Waals surface area contributed by atoms with Crippen molar-refractivity contribution in [3.63, 3.8) is 0 Å². The van der Waals surface area contributed by atoms with Gasteiger partial charge in [0.05, 0.1) is 20.3 Å². The van der Waals surface area contributed by atoms with Gasteiger partial charge in [-0.15, -0.1) is 0 Å². The van der Waals surface area contributed by atoms with Crippen LogP contribution in [0, 0.1) is 0 Å². The molecular formula is C12H21N5O2. The highest BCUT2D eigenvalue weighted by molar-refractivity contribution is 5.79. The van der Waals surface area contributed by atoms with Crippen LogP contribution < -0.4 is 21.3 Å². The third-order valence-corrected chi connectivity index (χ3v) is 2.36. The van der Waals surface area contributed by atoms with E-state index in [1.807, 2.05) is 13.0 Å². The zero-order valence-corrected chi connectivity index (χ0v) is 11.5. The maximum atomic E-state index is 5.41. The average molecular weight is 267 g/mol. The van der Waals surface area contributed by atoms with Crippen LogP contribution in [0.5, 0.6) is 5.88 Å². The Labute approximate surface area is 113 Å². The minimum absolute atomic E-state index is 0.119. The highest BCUT2D eigenvalue weighted by Crippen LogP contribution is 2.07. The van der Waals surface area contributed by atoms with Crippen molar-refractivity contribution in [3.8, 4) is 5.88 Å². The van der Waals surface area contributed by atoms with Crippen LogP contribution in [0.15, 0.2) is 23.3 Å². The van der Waals surface area contributed by atoms with Gasteiger partial charge in [-0.25, -0.2) is 15.8 Å². The minimum Gasteiger partial charge on any atom is -0.481 e. The first-order valence-corrected chi connectivity index (χ1v) is 5.95. The molecule has 0 saturated heterocycles. The molecule has 0 aromatic carbocycles. The second-order valence-electron chi connectivity index (χ2n) is 4.02. The molecule has 0 spiro atoms. The molecule has 1 unspecified atom stereocenters. The molecule has 106 valence electrons. The summed E-state index contributed by atoms with van der Waals surface area (Å²) >= 11 is 0. The van der Waals surface area contributed by atoms with Crippen molar-refractivity contribution in [1.82, 2.24) is 15.7 Å². The van der Waals surface area contributed by atoms with Gasteiger partial charge in [0, 0.05) is 25.4 Å². The Bertz CT molecular complexity index is 394. The topological polar surface area (TPSA) is 93.8 Å². The quantitative estimate of drug-likeness (QED) is 0.291. The fraction of sp³-hybridized carbons (Fsp3) is 0.500. The number of guanidine groups is 1. The number of rotatable bonds is 6. The summed E-state index contributed by atoms with van der Waals surface area (Å²) in [5.74, 6) is 6.50. The first kappa shape index (κ1) is 15.2. The number of nitrogens with two attached hydrogens (primary N) is 1. The number of aliphatic imine (C=N–C) groups is 1. The van der Waals surface area contributed by atoms with Gasteiger partial charge in [0.2, 0.25) is 11.8 Å². The smallest absolute Gasteiger partial charge is 0.212 e. The van der Waals surface area contributed by atoms with Gasteiger partial charge in [0.25, 0.3) is 0 Å². The van der Waals surface area contributed by atoms with E-state index in [4.69, 9.17) is 15.3 Å². The van der Waals surface area contributed by atoms with Crippen LogP contribution in [-0.4, -0.2) is 37.8 Å². The van der Waals surface area contributed by atoms with Gasteiger partial charge in [-0.05, 0) is 12.5 Å². The maximum absolute atomic E-state index is 5.41. The van der Waals surface area contributed by atoms with Crippen molar-refractivity contribution >= 4 is 5.96 Å². The minimum atomic E-state index is 0.119. The van der Waals surface area contributed by atoms with E-state index in [0.717, 1.165) is 5.56 Å². The van der Waals surface area contributed by atoms with Gasteiger partial charge < -0.3 is 14.8 Å². The van der Waals surface area contributed by atoms with Gasteiger partial charge in [0.1, 0.15) is 0 Å². The predicted octanol–water partition coefficient (Wildman–Crippen LogP) is 0.0340. The summed E-state index contributed by atoms with van der Waals surface area (Å²) in [7, 11) is 3.23. The van der Waals surface area contributed by atoms with Crippen molar-refractivity contribution in [2.75, 3.05) is 20.8 Å². The van der Waals surface area contributed by atoms with E-state index in [2.05, 4.69) is 20.7 Å². The number of hydrazine groups is 1. The van der Waals surface area contributed by atoms with Crippen molar-refractivity contribution in [2.45, 2.75) is 19.5 Å². The number of hydrogen-bond acceptors (Lipinski definition) is 5. The molecule has 1 aromatic rings. The molecule has 0 fully saturated rings. The largest absolute Gasteiger partial charge is 0.481 e. The lowest BCUT2D eigenvalue weighted by molar-refractivity contribution is 0.179. The van der Waals surface area contributed by atoms with Gasteiger partial charge in [0.15, 0.2) is 0 Å². The molecule has 1 rings (SSSR count). The molecule has 0 amide bonds. The zero-order valence-electron chi connectivity index (χ0n) is 11.5. The van der Waals surface area contributed by atoms with E-state index in [9.17, 15) is 0 Å². The number of nitrogens with one attached hydrogen (secondary N) is 2. The van der Waals surface area contributed by atoms with E-state index in [1.165, 1.54) is 0 Å². The maximum Gasteiger partial charge on any atom is 0.212 e. The summed E-state index contributed by atoms with van der Waals surface area (Å²) < 4.78 is 10.0. The molecule has 0 aliphatic heterocycles. The Balaban J connectivity index is 2.55. The van der Waals surface area contributed by atoms with Crippen molar-refractivity contribution in [3.05, 3.63) is 23.9 Å². The lowest BCUT2D eigenvalue weighted by Crippen LogP contribution is -2.46. The van der Waals surface area contributed by atoms with Crippen LogP contribution in [0.4, 0.5) is 0 Å². The van der Waals surface area contributed by atoms with Crippen molar-refractivity contribution in [2.24, 2.45) is 10.8 Å². The first-order chi connectivity index (χ1) is 9.19. The molecule has 0 aliphatic rings.